The molecule has 3 atom stereocenters. The van der Waals surface area contributed by atoms with Crippen LogP contribution >= 0.6 is 0 Å². The first-order chi connectivity index (χ1) is 18.1. The molecule has 2 aromatic heterocycles. The summed E-state index contributed by atoms with van der Waals surface area (Å²) in [6, 6.07) is 8.59. The summed E-state index contributed by atoms with van der Waals surface area (Å²) in [4.78, 5) is 41.2. The van der Waals surface area contributed by atoms with Gasteiger partial charge in [-0.1, -0.05) is 31.5 Å². The topological polar surface area (TPSA) is 144 Å². The van der Waals surface area contributed by atoms with Gasteiger partial charge in [0.1, 0.15) is 17.7 Å². The van der Waals surface area contributed by atoms with Crippen molar-refractivity contribution in [1.82, 2.24) is 14.5 Å². The van der Waals surface area contributed by atoms with Gasteiger partial charge < -0.3 is 19.8 Å². The standard InChI is InChI=1S/C26H28N4O7S/c1-3-8-18(27-25(32)24-16(2)17-9-4-5-10-21(17)37-24)26(33)28-14-12-19-23(28)20(31)15-30(19)38(35,36)22-11-6-7-13-29(22)34/h4-7,9-11,13,18-19,23H,3,8,12,14-15H2,1-2H3,(H,27,32). The Morgan fingerprint density at radius 1 is 1.21 bits per heavy atom. The molecule has 38 heavy (non-hydrogen) atoms. The van der Waals surface area contributed by atoms with Gasteiger partial charge in [0, 0.05) is 29.6 Å². The Balaban J connectivity index is 1.37. The number of Topliss-reactive ketones (excluding diaryl/α,β-unsaturated/α-hetero) is 1. The lowest BCUT2D eigenvalue weighted by Crippen LogP contribution is -2.52. The number of sulfonamides is 1. The van der Waals surface area contributed by atoms with Crippen molar-refractivity contribution < 1.29 is 31.9 Å². The fourth-order valence-electron chi connectivity index (χ4n) is 5.43. The van der Waals surface area contributed by atoms with Crippen molar-refractivity contribution >= 4 is 38.6 Å². The Morgan fingerprint density at radius 2 is 1.95 bits per heavy atom. The van der Waals surface area contributed by atoms with Crippen LogP contribution in [0, 0.1) is 12.1 Å². The fourth-order valence-corrected chi connectivity index (χ4v) is 7.09. The van der Waals surface area contributed by atoms with Crippen LogP contribution in [0.2, 0.25) is 0 Å². The quantitative estimate of drug-likeness (QED) is 0.353. The molecule has 12 heteroatoms. The van der Waals surface area contributed by atoms with Crippen LogP contribution in [0.5, 0.6) is 0 Å². The highest BCUT2D eigenvalue weighted by Gasteiger charge is 2.55. The smallest absolute Gasteiger partial charge is 0.323 e. The SMILES string of the molecule is CCCC(NC(=O)c1oc2ccccc2c1C)C(=O)N1CCC2C1C(=O)CN2S(=O)(=O)c1cccc[n+]1[O-]. The number of para-hydroxylation sites is 1. The van der Waals surface area contributed by atoms with Crippen molar-refractivity contribution in [3.05, 3.63) is 65.2 Å². The van der Waals surface area contributed by atoms with Gasteiger partial charge in [0.2, 0.25) is 5.91 Å². The second kappa shape index (κ2) is 9.84. The second-order valence-corrected chi connectivity index (χ2v) is 11.4. The molecular weight excluding hydrogens is 512 g/mol. The number of pyridine rings is 1. The van der Waals surface area contributed by atoms with E-state index in [2.05, 4.69) is 5.32 Å². The molecule has 1 aromatic carbocycles. The van der Waals surface area contributed by atoms with Crippen LogP contribution in [0.15, 0.2) is 58.1 Å². The summed E-state index contributed by atoms with van der Waals surface area (Å²) >= 11 is 0. The molecule has 4 heterocycles. The van der Waals surface area contributed by atoms with Crippen LogP contribution < -0.4 is 10.0 Å². The van der Waals surface area contributed by atoms with E-state index in [1.54, 1.807) is 19.1 Å². The molecule has 1 N–H and O–H groups in total. The van der Waals surface area contributed by atoms with Crippen molar-refractivity contribution in [2.75, 3.05) is 13.1 Å². The highest BCUT2D eigenvalue weighted by atomic mass is 32.2. The van der Waals surface area contributed by atoms with Gasteiger partial charge in [-0.15, -0.1) is 0 Å². The molecule has 0 bridgehead atoms. The van der Waals surface area contributed by atoms with Crippen molar-refractivity contribution in [3.8, 4) is 0 Å². The third-order valence-corrected chi connectivity index (χ3v) is 9.11. The summed E-state index contributed by atoms with van der Waals surface area (Å²) in [5, 5.41) is 15.2. The number of aromatic nitrogens is 1. The Labute approximate surface area is 219 Å². The van der Waals surface area contributed by atoms with E-state index in [0.29, 0.717) is 24.0 Å². The number of carbonyl (C=O) groups is 3. The number of carbonyl (C=O) groups excluding carboxylic acids is 3. The molecule has 0 aliphatic carbocycles. The summed E-state index contributed by atoms with van der Waals surface area (Å²) in [6.07, 6.45) is 2.23. The average molecular weight is 541 g/mol. The van der Waals surface area contributed by atoms with E-state index in [0.717, 1.165) is 15.9 Å². The van der Waals surface area contributed by atoms with Crippen LogP contribution in [0.3, 0.4) is 0 Å². The molecule has 2 saturated heterocycles. The Morgan fingerprint density at radius 3 is 2.66 bits per heavy atom. The van der Waals surface area contributed by atoms with E-state index in [1.165, 1.54) is 23.1 Å². The number of rotatable bonds is 7. The van der Waals surface area contributed by atoms with Gasteiger partial charge >= 0.3 is 15.0 Å². The zero-order valence-electron chi connectivity index (χ0n) is 21.0. The maximum atomic E-state index is 13.6. The Bertz CT molecular complexity index is 1530. The first kappa shape index (κ1) is 25.9. The molecule has 2 aliphatic rings. The van der Waals surface area contributed by atoms with Gasteiger partial charge in [-0.25, -0.2) is 8.42 Å². The number of hydrogen-bond donors (Lipinski definition) is 1. The average Bonchev–Trinajstić information content (AvgIpc) is 3.57. The highest BCUT2D eigenvalue weighted by Crippen LogP contribution is 2.34. The normalized spacial score (nSPS) is 20.6. The second-order valence-electron chi connectivity index (χ2n) is 9.58. The Hall–Kier alpha value is -3.77. The number of benzene rings is 1. The third-order valence-electron chi connectivity index (χ3n) is 7.25. The molecule has 200 valence electrons. The molecule has 11 nitrogen and oxygen atoms in total. The minimum Gasteiger partial charge on any atom is -0.618 e. The van der Waals surface area contributed by atoms with Crippen LogP contribution in [0.4, 0.5) is 0 Å². The minimum atomic E-state index is -4.27. The van der Waals surface area contributed by atoms with Gasteiger partial charge in [0.25, 0.3) is 5.91 Å². The van der Waals surface area contributed by atoms with Crippen molar-refractivity contribution in [1.29, 1.82) is 0 Å². The molecule has 3 aromatic rings. The fraction of sp³-hybridized carbons (Fsp3) is 0.385. The zero-order valence-corrected chi connectivity index (χ0v) is 21.8. The molecule has 2 fully saturated rings. The lowest BCUT2D eigenvalue weighted by atomic mass is 10.1. The van der Waals surface area contributed by atoms with Gasteiger partial charge in [-0.2, -0.15) is 9.04 Å². The van der Waals surface area contributed by atoms with E-state index >= 15 is 0 Å². The largest absolute Gasteiger partial charge is 0.618 e. The van der Waals surface area contributed by atoms with E-state index in [4.69, 9.17) is 4.42 Å². The molecule has 3 unspecified atom stereocenters. The minimum absolute atomic E-state index is 0.113. The number of furan rings is 1. The number of fused-ring (bicyclic) bond motifs is 2. The Kier molecular flexibility index (Phi) is 6.70. The molecule has 2 aliphatic heterocycles. The third kappa shape index (κ3) is 4.23. The first-order valence-corrected chi connectivity index (χ1v) is 13.9. The predicted molar refractivity (Wildman–Crippen MR) is 135 cm³/mol. The van der Waals surface area contributed by atoms with Gasteiger partial charge in [0.05, 0.1) is 12.6 Å². The molecule has 0 spiro atoms. The molecule has 5 rings (SSSR count). The van der Waals surface area contributed by atoms with Crippen molar-refractivity contribution in [3.63, 3.8) is 0 Å². The van der Waals surface area contributed by atoms with Crippen LogP contribution in [0.1, 0.15) is 42.3 Å². The monoisotopic (exact) mass is 540 g/mol. The summed E-state index contributed by atoms with van der Waals surface area (Å²) in [5.41, 5.74) is 1.22. The van der Waals surface area contributed by atoms with Crippen LogP contribution in [0.25, 0.3) is 11.0 Å². The van der Waals surface area contributed by atoms with Crippen LogP contribution in [-0.2, 0) is 19.6 Å². The lowest BCUT2D eigenvalue weighted by Gasteiger charge is -2.28. The zero-order chi connectivity index (χ0) is 27.2. The summed E-state index contributed by atoms with van der Waals surface area (Å²) in [5.74, 6) is -1.30. The molecular formula is C26H28N4O7S. The predicted octanol–water partition coefficient (Wildman–Crippen LogP) is 1.52. The first-order valence-electron chi connectivity index (χ1n) is 12.5. The van der Waals surface area contributed by atoms with Crippen molar-refractivity contribution in [2.45, 2.75) is 56.3 Å². The summed E-state index contributed by atoms with van der Waals surface area (Å²) in [6.45, 7) is 3.36. The van der Waals surface area contributed by atoms with E-state index in [9.17, 15) is 28.0 Å². The van der Waals surface area contributed by atoms with Gasteiger partial charge in [-0.3, -0.25) is 14.4 Å². The number of aryl methyl sites for hydroxylation is 1. The summed E-state index contributed by atoms with van der Waals surface area (Å²) in [7, 11) is -4.27. The van der Waals surface area contributed by atoms with Crippen LogP contribution in [-0.4, -0.2) is 66.4 Å². The molecule has 2 amide bonds. The number of likely N-dealkylation sites (tertiary alicyclic amines) is 1. The number of amides is 2. The van der Waals surface area contributed by atoms with E-state index in [1.807, 2.05) is 19.1 Å². The number of ketones is 1. The van der Waals surface area contributed by atoms with Gasteiger partial charge in [0.15, 0.2) is 17.7 Å². The number of nitrogens with one attached hydrogen (secondary N) is 1. The van der Waals surface area contributed by atoms with E-state index < -0.39 is 57.3 Å². The molecule has 0 radical (unpaired) electrons. The van der Waals surface area contributed by atoms with E-state index in [-0.39, 0.29) is 23.5 Å². The number of hydrogen-bond acceptors (Lipinski definition) is 7. The highest BCUT2D eigenvalue weighted by molar-refractivity contribution is 7.89. The number of nitrogens with zero attached hydrogens (tertiary/aromatic N) is 3. The summed E-state index contributed by atoms with van der Waals surface area (Å²) < 4.78 is 33.5. The maximum Gasteiger partial charge on any atom is 0.323 e. The lowest BCUT2D eigenvalue weighted by molar-refractivity contribution is -0.646. The maximum absolute atomic E-state index is 13.6. The molecule has 0 saturated carbocycles. The van der Waals surface area contributed by atoms with Gasteiger partial charge in [-0.05, 0) is 31.9 Å². The van der Waals surface area contributed by atoms with Crippen molar-refractivity contribution in [2.24, 2.45) is 0 Å².